The average molecular weight is 727 g/mol. The molecule has 0 radical (unpaired) electrons. The third-order valence-corrected chi connectivity index (χ3v) is 12.6. The second kappa shape index (κ2) is 16.7. The second-order valence-electron chi connectivity index (χ2n) is 12.8. The van der Waals surface area contributed by atoms with Crippen LogP contribution in [0, 0.1) is 13.5 Å². The highest BCUT2D eigenvalue weighted by molar-refractivity contribution is 7.89. The molecule has 0 spiro atoms. The van der Waals surface area contributed by atoms with Crippen LogP contribution in [-0.4, -0.2) is 82.9 Å². The zero-order valence-electron chi connectivity index (χ0n) is 29.8. The topological polar surface area (TPSA) is 137 Å². The van der Waals surface area contributed by atoms with Crippen molar-refractivity contribution >= 4 is 30.3 Å². The van der Waals surface area contributed by atoms with Crippen LogP contribution in [-0.2, 0) is 23.8 Å². The van der Waals surface area contributed by atoms with Gasteiger partial charge in [0.1, 0.15) is 18.5 Å². The molecule has 1 fully saturated rings. The molecule has 1 aromatic heterocycles. The van der Waals surface area contributed by atoms with E-state index in [0.29, 0.717) is 17.5 Å². The molecule has 0 bridgehead atoms. The van der Waals surface area contributed by atoms with Crippen LogP contribution < -0.4 is 11.0 Å². The Hall–Kier alpha value is -3.54. The van der Waals surface area contributed by atoms with Crippen molar-refractivity contribution in [3.63, 3.8) is 0 Å². The Balaban J connectivity index is 1.85. The van der Waals surface area contributed by atoms with Gasteiger partial charge in [0.15, 0.2) is 6.23 Å². The number of nitrogens with one attached hydrogen (secondary N) is 1. The fraction of sp³-hybridized carbons (Fsp3) is 0.486. The molecule has 2 aromatic carbocycles. The molecule has 15 heteroatoms. The summed E-state index contributed by atoms with van der Waals surface area (Å²) in [6.45, 7) is 21.0. The molecule has 0 aliphatic carbocycles. The highest BCUT2D eigenvalue weighted by atomic mass is 32.2. The van der Waals surface area contributed by atoms with Crippen molar-refractivity contribution in [1.29, 1.82) is 0 Å². The average Bonchev–Trinajstić information content (AvgIpc) is 3.37. The number of carbonyl (C=O) groups is 1. The summed E-state index contributed by atoms with van der Waals surface area (Å²) in [4.78, 5) is 34.4. The van der Waals surface area contributed by atoms with E-state index in [-0.39, 0.29) is 35.9 Å². The maximum absolute atomic E-state index is 14.2. The number of amides is 1. The van der Waals surface area contributed by atoms with E-state index >= 15 is 0 Å². The molecule has 0 saturated carbocycles. The molecule has 50 heavy (non-hydrogen) atoms. The van der Waals surface area contributed by atoms with E-state index in [1.807, 2.05) is 41.5 Å². The van der Waals surface area contributed by atoms with Crippen LogP contribution in [0.3, 0.4) is 0 Å². The summed E-state index contributed by atoms with van der Waals surface area (Å²) in [5.74, 6) is -0.354. The van der Waals surface area contributed by atoms with E-state index in [1.165, 1.54) is 34.2 Å². The standard InChI is InChI=1S/C35H47N6O7PS/c1-10-35(7)30(48-49(46-22-21-36-8)41(24(2)3)25(4)5)29(39(9)50(44,45)28-19-15-12-16-20-28)33(47-35)40-23-26(6)31(38-34(40)43)37-32(42)27-17-13-11-14-18-27/h11-20,23-25,29-30,33H,10,21-22H2,1-7,9H3,(H,37,38,42,43)/t29-,30+,33-,35-,49?/m1/s1. The molecule has 1 aliphatic rings. The van der Waals surface area contributed by atoms with Gasteiger partial charge in [-0.25, -0.2) is 24.5 Å². The monoisotopic (exact) mass is 726 g/mol. The van der Waals surface area contributed by atoms with Gasteiger partial charge in [-0.05, 0) is 72.2 Å². The number of aromatic nitrogens is 2. The van der Waals surface area contributed by atoms with Crippen LogP contribution in [0.4, 0.5) is 5.82 Å². The predicted octanol–water partition coefficient (Wildman–Crippen LogP) is 5.86. The van der Waals surface area contributed by atoms with Crippen LogP contribution >= 0.6 is 8.53 Å². The van der Waals surface area contributed by atoms with Gasteiger partial charge in [-0.3, -0.25) is 9.36 Å². The molecule has 1 unspecified atom stereocenters. The lowest BCUT2D eigenvalue weighted by molar-refractivity contribution is -0.0913. The normalized spacial score (nSPS) is 21.5. The molecule has 1 aliphatic heterocycles. The van der Waals surface area contributed by atoms with E-state index in [9.17, 15) is 18.0 Å². The molecule has 13 nitrogen and oxygen atoms in total. The Labute approximate surface area is 296 Å². The van der Waals surface area contributed by atoms with Gasteiger partial charge in [0.05, 0.1) is 16.5 Å². The summed E-state index contributed by atoms with van der Waals surface area (Å²) in [7, 11) is -4.53. The highest BCUT2D eigenvalue weighted by Gasteiger charge is 2.58. The Kier molecular flexibility index (Phi) is 13.1. The van der Waals surface area contributed by atoms with Crippen molar-refractivity contribution in [1.82, 2.24) is 18.5 Å². The Morgan fingerprint density at radius 2 is 1.72 bits per heavy atom. The van der Waals surface area contributed by atoms with Crippen molar-refractivity contribution in [2.45, 2.75) is 95.8 Å². The smallest absolute Gasteiger partial charge is 0.347 e. The molecule has 2 heterocycles. The van der Waals surface area contributed by atoms with E-state index in [1.54, 1.807) is 55.5 Å². The fourth-order valence-corrected chi connectivity index (χ4v) is 9.13. The Bertz CT molecular complexity index is 1810. The maximum Gasteiger partial charge on any atom is 0.351 e. The predicted molar refractivity (Wildman–Crippen MR) is 193 cm³/mol. The van der Waals surface area contributed by atoms with E-state index < -0.39 is 54.1 Å². The third-order valence-electron chi connectivity index (χ3n) is 8.67. The van der Waals surface area contributed by atoms with Crippen LogP contribution in [0.25, 0.3) is 4.85 Å². The highest BCUT2D eigenvalue weighted by Crippen LogP contribution is 2.53. The lowest BCUT2D eigenvalue weighted by atomic mass is 9.93. The molecule has 1 saturated heterocycles. The molecule has 5 atom stereocenters. The van der Waals surface area contributed by atoms with E-state index in [2.05, 4.69) is 19.8 Å². The summed E-state index contributed by atoms with van der Waals surface area (Å²) in [5, 5.41) is 2.71. The van der Waals surface area contributed by atoms with Gasteiger partial charge in [-0.1, -0.05) is 43.3 Å². The molecular weight excluding hydrogens is 679 g/mol. The fourth-order valence-electron chi connectivity index (χ4n) is 5.92. The largest absolute Gasteiger partial charge is 0.351 e. The molecular formula is C35H47N6O7PS. The lowest BCUT2D eigenvalue weighted by Gasteiger charge is -2.41. The summed E-state index contributed by atoms with van der Waals surface area (Å²) < 4.78 is 52.9. The number of likely N-dealkylation sites (N-methyl/N-ethyl adjacent to an activating group) is 1. The molecule has 270 valence electrons. The van der Waals surface area contributed by atoms with Crippen LogP contribution in [0.2, 0.25) is 0 Å². The Morgan fingerprint density at radius 3 is 2.28 bits per heavy atom. The minimum Gasteiger partial charge on any atom is -0.347 e. The first-order valence-electron chi connectivity index (χ1n) is 16.5. The van der Waals surface area contributed by atoms with Crippen molar-refractivity contribution in [2.75, 3.05) is 25.5 Å². The number of hydrogen-bond donors (Lipinski definition) is 1. The minimum absolute atomic E-state index is 0.0163. The molecule has 1 amide bonds. The van der Waals surface area contributed by atoms with Crippen LogP contribution in [0.1, 0.15) is 70.1 Å². The summed E-state index contributed by atoms with van der Waals surface area (Å²) in [6.07, 6.45) is -0.217. The SMILES string of the molecule is [C-]#[N+]CCOP(O[C@H]1[C@@H](N(C)S(=O)(=O)c2ccccc2)[C@H](n2cc(C)c(NC(=O)c3ccccc3)nc2=O)O[C@]1(C)CC)N(C(C)C)C(C)C. The van der Waals surface area contributed by atoms with Gasteiger partial charge in [-0.15, -0.1) is 0 Å². The third kappa shape index (κ3) is 8.49. The van der Waals surface area contributed by atoms with E-state index in [4.69, 9.17) is 20.4 Å². The summed E-state index contributed by atoms with van der Waals surface area (Å²) in [6, 6.07) is 15.5. The van der Waals surface area contributed by atoms with Crippen LogP contribution in [0.15, 0.2) is 76.6 Å². The number of aryl methyl sites for hydroxylation is 1. The van der Waals surface area contributed by atoms with Gasteiger partial charge >= 0.3 is 5.69 Å². The number of carbonyl (C=O) groups excluding carboxylic acids is 1. The van der Waals surface area contributed by atoms with Crippen molar-refractivity contribution < 1.29 is 27.0 Å². The quantitative estimate of drug-likeness (QED) is 0.116. The first-order valence-corrected chi connectivity index (χ1v) is 19.1. The van der Waals surface area contributed by atoms with Crippen molar-refractivity contribution in [3.8, 4) is 0 Å². The first kappa shape index (κ1) is 39.2. The first-order chi connectivity index (χ1) is 23.7. The van der Waals surface area contributed by atoms with Crippen molar-refractivity contribution in [3.05, 3.63) is 99.9 Å². The van der Waals surface area contributed by atoms with Gasteiger partial charge in [-0.2, -0.15) is 9.29 Å². The van der Waals surface area contributed by atoms with Gasteiger partial charge < -0.3 is 23.9 Å². The van der Waals surface area contributed by atoms with Crippen LogP contribution in [0.5, 0.6) is 0 Å². The lowest BCUT2D eigenvalue weighted by Crippen LogP contribution is -2.52. The number of nitrogens with zero attached hydrogens (tertiary/aromatic N) is 5. The van der Waals surface area contributed by atoms with Crippen molar-refractivity contribution in [2.24, 2.45) is 0 Å². The number of hydrogen-bond acceptors (Lipinski definition) is 9. The number of benzene rings is 2. The van der Waals surface area contributed by atoms with E-state index in [0.717, 1.165) is 0 Å². The molecule has 4 rings (SSSR count). The molecule has 3 aromatic rings. The van der Waals surface area contributed by atoms with Gasteiger partial charge in [0.2, 0.25) is 16.6 Å². The zero-order valence-corrected chi connectivity index (χ0v) is 31.5. The zero-order chi connectivity index (χ0) is 36.8. The van der Waals surface area contributed by atoms with Gasteiger partial charge in [0.25, 0.3) is 14.4 Å². The maximum atomic E-state index is 14.2. The summed E-state index contributed by atoms with van der Waals surface area (Å²) in [5.41, 5.74) is -0.995. The van der Waals surface area contributed by atoms with Gasteiger partial charge in [0, 0.05) is 36.5 Å². The molecule has 1 N–H and O–H groups in total. The Morgan fingerprint density at radius 1 is 1.12 bits per heavy atom. The number of anilines is 1. The second-order valence-corrected chi connectivity index (χ2v) is 16.2. The minimum atomic E-state index is -4.15. The number of ether oxygens (including phenoxy) is 1. The number of sulfonamides is 1. The number of rotatable bonds is 15. The summed E-state index contributed by atoms with van der Waals surface area (Å²) >= 11 is 0.